The van der Waals surface area contributed by atoms with E-state index in [1.807, 2.05) is 32.0 Å². The number of ether oxygens (including phenoxy) is 1. The van der Waals surface area contributed by atoms with Gasteiger partial charge in [0.15, 0.2) is 0 Å². The molecular formula is C28H43N3O4. The van der Waals surface area contributed by atoms with Gasteiger partial charge in [0.1, 0.15) is 12.1 Å². The highest BCUT2D eigenvalue weighted by molar-refractivity contribution is 6.00. The zero-order chi connectivity index (χ0) is 26.0. The van der Waals surface area contributed by atoms with Crippen molar-refractivity contribution in [3.63, 3.8) is 0 Å². The second-order valence-electron chi connectivity index (χ2n) is 9.73. The largest absolute Gasteiger partial charge is 0.453 e. The number of carbonyl (C=O) groups excluding carboxylic acids is 3. The van der Waals surface area contributed by atoms with Gasteiger partial charge in [-0.3, -0.25) is 9.59 Å². The van der Waals surface area contributed by atoms with Crippen LogP contribution in [0.15, 0.2) is 30.3 Å². The summed E-state index contributed by atoms with van der Waals surface area (Å²) in [6.45, 7) is 8.55. The zero-order valence-electron chi connectivity index (χ0n) is 22.3. The SMILES string of the molecule is CCCCCCC=C(C)c1cccc(N(C)C(=O)C2CCCN2C(=O)C(NC(=O)OC)C(C)C)c1. The molecule has 1 aliphatic rings. The minimum atomic E-state index is -0.741. The molecule has 0 radical (unpaired) electrons. The van der Waals surface area contributed by atoms with Crippen molar-refractivity contribution in [3.8, 4) is 0 Å². The van der Waals surface area contributed by atoms with Crippen LogP contribution in [0.4, 0.5) is 10.5 Å². The van der Waals surface area contributed by atoms with Gasteiger partial charge in [0.2, 0.25) is 11.8 Å². The van der Waals surface area contributed by atoms with E-state index in [0.29, 0.717) is 13.0 Å². The number of methoxy groups -OCH3 is 1. The number of hydrogen-bond acceptors (Lipinski definition) is 4. The number of carbonyl (C=O) groups is 3. The molecule has 0 aromatic heterocycles. The third-order valence-corrected chi connectivity index (χ3v) is 6.74. The number of likely N-dealkylation sites (tertiary alicyclic amines) is 1. The lowest BCUT2D eigenvalue weighted by atomic mass is 10.0. The molecule has 0 spiro atoms. The van der Waals surface area contributed by atoms with Crippen LogP contribution in [0.1, 0.15) is 78.2 Å². The molecule has 1 aromatic rings. The Labute approximate surface area is 210 Å². The Morgan fingerprint density at radius 2 is 1.97 bits per heavy atom. The van der Waals surface area contributed by atoms with Gasteiger partial charge in [-0.2, -0.15) is 0 Å². The molecule has 194 valence electrons. The normalized spacial score (nSPS) is 16.8. The van der Waals surface area contributed by atoms with E-state index in [2.05, 4.69) is 36.0 Å². The highest BCUT2D eigenvalue weighted by Crippen LogP contribution is 2.26. The lowest BCUT2D eigenvalue weighted by Gasteiger charge is -2.32. The summed E-state index contributed by atoms with van der Waals surface area (Å²) < 4.78 is 4.69. The summed E-state index contributed by atoms with van der Waals surface area (Å²) in [6, 6.07) is 6.70. The van der Waals surface area contributed by atoms with Crippen LogP contribution < -0.4 is 10.2 Å². The summed E-state index contributed by atoms with van der Waals surface area (Å²) >= 11 is 0. The lowest BCUT2D eigenvalue weighted by Crippen LogP contribution is -2.55. The van der Waals surface area contributed by atoms with Gasteiger partial charge in [-0.15, -0.1) is 0 Å². The number of amides is 3. The summed E-state index contributed by atoms with van der Waals surface area (Å²) in [6.07, 6.45) is 8.98. The summed E-state index contributed by atoms with van der Waals surface area (Å²) in [5.74, 6) is -0.496. The van der Waals surface area contributed by atoms with Crippen LogP contribution in [-0.2, 0) is 14.3 Å². The molecule has 1 N–H and O–H groups in total. The van der Waals surface area contributed by atoms with Gasteiger partial charge in [-0.05, 0) is 61.8 Å². The molecule has 3 amide bonds. The van der Waals surface area contributed by atoms with E-state index in [0.717, 1.165) is 24.1 Å². The standard InChI is InChI=1S/C28H43N3O4/c1-7-8-9-10-11-14-21(4)22-15-12-16-23(19-22)30(5)26(32)24-17-13-18-31(24)27(33)25(20(2)3)29-28(34)35-6/h12,14-16,19-20,24-25H,7-11,13,17-18H2,1-6H3,(H,29,34). The first-order chi connectivity index (χ1) is 16.7. The quantitative estimate of drug-likeness (QED) is 0.426. The number of allylic oxidation sites excluding steroid dienone is 2. The van der Waals surface area contributed by atoms with E-state index >= 15 is 0 Å². The average molecular weight is 486 g/mol. The van der Waals surface area contributed by atoms with Crippen LogP contribution in [0.3, 0.4) is 0 Å². The molecule has 7 nitrogen and oxygen atoms in total. The number of nitrogens with one attached hydrogen (secondary N) is 1. The van der Waals surface area contributed by atoms with Crippen LogP contribution in [0.25, 0.3) is 5.57 Å². The van der Waals surface area contributed by atoms with Crippen LogP contribution >= 0.6 is 0 Å². The Bertz CT molecular complexity index is 896. The number of anilines is 1. The van der Waals surface area contributed by atoms with Gasteiger partial charge in [-0.1, -0.05) is 58.2 Å². The summed E-state index contributed by atoms with van der Waals surface area (Å²) in [4.78, 5) is 41.8. The van der Waals surface area contributed by atoms with Crippen LogP contribution in [-0.4, -0.2) is 55.6 Å². The molecule has 2 unspecified atom stereocenters. The molecule has 1 fully saturated rings. The first kappa shape index (κ1) is 28.4. The Hall–Kier alpha value is -2.83. The maximum Gasteiger partial charge on any atom is 0.407 e. The molecule has 1 heterocycles. The van der Waals surface area contributed by atoms with E-state index in [-0.39, 0.29) is 17.7 Å². The second-order valence-corrected chi connectivity index (χ2v) is 9.73. The molecule has 1 aromatic carbocycles. The number of nitrogens with zero attached hydrogens (tertiary/aromatic N) is 2. The van der Waals surface area contributed by atoms with Gasteiger partial charge in [-0.25, -0.2) is 4.79 Å². The number of likely N-dealkylation sites (N-methyl/N-ethyl adjacent to an activating group) is 1. The molecule has 1 saturated heterocycles. The molecule has 7 heteroatoms. The van der Waals surface area contributed by atoms with Crippen molar-refractivity contribution < 1.29 is 19.1 Å². The fraction of sp³-hybridized carbons (Fsp3) is 0.607. The summed E-state index contributed by atoms with van der Waals surface area (Å²) in [5, 5.41) is 2.63. The van der Waals surface area contributed by atoms with Gasteiger partial charge in [0.25, 0.3) is 0 Å². The van der Waals surface area contributed by atoms with Crippen molar-refractivity contribution in [1.82, 2.24) is 10.2 Å². The predicted octanol–water partition coefficient (Wildman–Crippen LogP) is 5.39. The molecule has 0 saturated carbocycles. The maximum atomic E-state index is 13.5. The number of rotatable bonds is 11. The minimum absolute atomic E-state index is 0.116. The number of benzene rings is 1. The van der Waals surface area contributed by atoms with Gasteiger partial charge in [0, 0.05) is 19.3 Å². The van der Waals surface area contributed by atoms with Crippen molar-refractivity contribution in [3.05, 3.63) is 35.9 Å². The maximum absolute atomic E-state index is 13.5. The van der Waals surface area contributed by atoms with Crippen molar-refractivity contribution >= 4 is 29.2 Å². The zero-order valence-corrected chi connectivity index (χ0v) is 22.3. The Morgan fingerprint density at radius 1 is 1.23 bits per heavy atom. The second kappa shape index (κ2) is 13.9. The molecule has 2 rings (SSSR count). The number of unbranched alkanes of at least 4 members (excludes halogenated alkanes) is 4. The third-order valence-electron chi connectivity index (χ3n) is 6.74. The molecule has 35 heavy (non-hydrogen) atoms. The van der Waals surface area contributed by atoms with Crippen molar-refractivity contribution in [1.29, 1.82) is 0 Å². The predicted molar refractivity (Wildman–Crippen MR) is 141 cm³/mol. The molecular weight excluding hydrogens is 442 g/mol. The van der Waals surface area contributed by atoms with Crippen molar-refractivity contribution in [2.75, 3.05) is 25.6 Å². The monoisotopic (exact) mass is 485 g/mol. The Kier molecular flexibility index (Phi) is 11.3. The summed E-state index contributed by atoms with van der Waals surface area (Å²) in [5.41, 5.74) is 3.10. The van der Waals surface area contributed by atoms with Gasteiger partial charge >= 0.3 is 6.09 Å². The molecule has 1 aliphatic heterocycles. The lowest BCUT2D eigenvalue weighted by molar-refractivity contribution is -0.139. The number of alkyl carbamates (subject to hydrolysis) is 1. The first-order valence-electron chi connectivity index (χ1n) is 12.9. The van der Waals surface area contributed by atoms with E-state index in [1.165, 1.54) is 38.4 Å². The van der Waals surface area contributed by atoms with Crippen LogP contribution in [0.5, 0.6) is 0 Å². The molecule has 2 atom stereocenters. The Balaban J connectivity index is 2.13. The van der Waals surface area contributed by atoms with E-state index in [1.54, 1.807) is 16.8 Å². The number of hydrogen-bond donors (Lipinski definition) is 1. The highest BCUT2D eigenvalue weighted by Gasteiger charge is 2.40. The van der Waals surface area contributed by atoms with Gasteiger partial charge < -0.3 is 19.9 Å². The smallest absolute Gasteiger partial charge is 0.407 e. The average Bonchev–Trinajstić information content (AvgIpc) is 3.35. The van der Waals surface area contributed by atoms with E-state index < -0.39 is 18.2 Å². The van der Waals surface area contributed by atoms with E-state index in [9.17, 15) is 14.4 Å². The van der Waals surface area contributed by atoms with E-state index in [4.69, 9.17) is 0 Å². The fourth-order valence-electron chi connectivity index (χ4n) is 4.48. The van der Waals surface area contributed by atoms with Crippen molar-refractivity contribution in [2.45, 2.75) is 84.7 Å². The fourth-order valence-corrected chi connectivity index (χ4v) is 4.48. The minimum Gasteiger partial charge on any atom is -0.453 e. The highest BCUT2D eigenvalue weighted by atomic mass is 16.5. The van der Waals surface area contributed by atoms with Gasteiger partial charge in [0.05, 0.1) is 7.11 Å². The third kappa shape index (κ3) is 7.84. The van der Waals surface area contributed by atoms with Crippen molar-refractivity contribution in [2.24, 2.45) is 5.92 Å². The Morgan fingerprint density at radius 3 is 2.63 bits per heavy atom. The topological polar surface area (TPSA) is 79.0 Å². The molecule has 0 aliphatic carbocycles. The summed E-state index contributed by atoms with van der Waals surface area (Å²) in [7, 11) is 3.03. The van der Waals surface area contributed by atoms with Crippen LogP contribution in [0.2, 0.25) is 0 Å². The first-order valence-corrected chi connectivity index (χ1v) is 12.9. The van der Waals surface area contributed by atoms with Crippen LogP contribution in [0, 0.1) is 5.92 Å². The molecule has 0 bridgehead atoms.